The lowest BCUT2D eigenvalue weighted by atomic mass is 9.82. The first-order valence-corrected chi connectivity index (χ1v) is 4.95. The van der Waals surface area contributed by atoms with E-state index in [1.165, 1.54) is 6.92 Å². The van der Waals surface area contributed by atoms with E-state index in [0.717, 1.165) is 0 Å². The highest BCUT2D eigenvalue weighted by atomic mass is 16.4. The molecule has 0 spiro atoms. The number of hydrogen-bond donors (Lipinski definition) is 4. The van der Waals surface area contributed by atoms with E-state index < -0.39 is 30.0 Å². The van der Waals surface area contributed by atoms with Gasteiger partial charge in [-0.3, -0.25) is 4.90 Å². The van der Waals surface area contributed by atoms with Crippen molar-refractivity contribution in [2.45, 2.75) is 43.3 Å². The fourth-order valence-electron chi connectivity index (χ4n) is 2.43. The molecule has 0 aromatic carbocycles. The maximum Gasteiger partial charge on any atom is 0.116 e. The van der Waals surface area contributed by atoms with E-state index in [-0.39, 0.29) is 0 Å². The summed E-state index contributed by atoms with van der Waals surface area (Å²) in [6.07, 6.45) is -2.07. The highest BCUT2D eigenvalue weighted by Crippen LogP contribution is 2.33. The third-order valence-electron chi connectivity index (χ3n) is 3.53. The van der Waals surface area contributed by atoms with Gasteiger partial charge in [-0.15, -0.1) is 0 Å². The quantitative estimate of drug-likeness (QED) is 0.363. The van der Waals surface area contributed by atoms with E-state index in [1.807, 2.05) is 4.90 Å². The molecule has 4 N–H and O–H groups in total. The predicted molar refractivity (Wildman–Crippen MR) is 48.6 cm³/mol. The second kappa shape index (κ2) is 3.15. The van der Waals surface area contributed by atoms with E-state index in [0.29, 0.717) is 19.5 Å². The molecular formula is C9H17NO4. The molecule has 2 heterocycles. The van der Waals surface area contributed by atoms with Gasteiger partial charge in [-0.1, -0.05) is 0 Å². The lowest BCUT2D eigenvalue weighted by molar-refractivity contribution is -0.197. The Bertz CT molecular complexity index is 233. The minimum absolute atomic E-state index is 0.311. The molecule has 2 rings (SSSR count). The average molecular weight is 203 g/mol. The van der Waals surface area contributed by atoms with Gasteiger partial charge in [0.25, 0.3) is 0 Å². The zero-order valence-electron chi connectivity index (χ0n) is 8.17. The van der Waals surface area contributed by atoms with Gasteiger partial charge in [0.15, 0.2) is 0 Å². The predicted octanol–water partition coefficient (Wildman–Crippen LogP) is -2.09. The van der Waals surface area contributed by atoms with Crippen LogP contribution in [-0.4, -0.2) is 68.4 Å². The maximum absolute atomic E-state index is 9.84. The fourth-order valence-corrected chi connectivity index (χ4v) is 2.43. The van der Waals surface area contributed by atoms with Crippen LogP contribution in [0, 0.1) is 0 Å². The summed E-state index contributed by atoms with van der Waals surface area (Å²) in [6, 6.07) is -0.437. The molecular weight excluding hydrogens is 186 g/mol. The van der Waals surface area contributed by atoms with Crippen LogP contribution < -0.4 is 0 Å². The van der Waals surface area contributed by atoms with Crippen LogP contribution in [0.3, 0.4) is 0 Å². The number of rotatable bonds is 0. The largest absolute Gasteiger partial charge is 0.391 e. The number of hydrogen-bond acceptors (Lipinski definition) is 5. The zero-order valence-corrected chi connectivity index (χ0v) is 8.17. The van der Waals surface area contributed by atoms with Gasteiger partial charge >= 0.3 is 0 Å². The number of aliphatic hydroxyl groups is 4. The van der Waals surface area contributed by atoms with Crippen molar-refractivity contribution in [1.29, 1.82) is 0 Å². The molecule has 0 aromatic heterocycles. The molecule has 0 aromatic rings. The van der Waals surface area contributed by atoms with E-state index in [9.17, 15) is 20.4 Å². The monoisotopic (exact) mass is 203 g/mol. The zero-order chi connectivity index (χ0) is 10.5. The van der Waals surface area contributed by atoms with Gasteiger partial charge in [0.2, 0.25) is 0 Å². The summed E-state index contributed by atoms with van der Waals surface area (Å²) in [4.78, 5) is 1.83. The molecule has 0 bridgehead atoms. The van der Waals surface area contributed by atoms with Crippen LogP contribution in [0.25, 0.3) is 0 Å². The molecule has 0 radical (unpaired) electrons. The van der Waals surface area contributed by atoms with Gasteiger partial charge in [-0.2, -0.15) is 0 Å². The fraction of sp³-hybridized carbons (Fsp3) is 1.00. The van der Waals surface area contributed by atoms with E-state index >= 15 is 0 Å². The molecule has 5 atom stereocenters. The van der Waals surface area contributed by atoms with Crippen LogP contribution in [0.15, 0.2) is 0 Å². The third-order valence-corrected chi connectivity index (χ3v) is 3.53. The second-order valence-electron chi connectivity index (χ2n) is 4.53. The molecule has 82 valence electrons. The van der Waals surface area contributed by atoms with Crippen LogP contribution >= 0.6 is 0 Å². The minimum Gasteiger partial charge on any atom is -0.391 e. The third kappa shape index (κ3) is 1.28. The van der Waals surface area contributed by atoms with Crippen molar-refractivity contribution in [1.82, 2.24) is 4.90 Å². The van der Waals surface area contributed by atoms with Crippen molar-refractivity contribution in [3.8, 4) is 0 Å². The summed E-state index contributed by atoms with van der Waals surface area (Å²) in [6.45, 7) is 2.38. The Morgan fingerprint density at radius 2 is 1.93 bits per heavy atom. The topological polar surface area (TPSA) is 84.2 Å². The highest BCUT2D eigenvalue weighted by Gasteiger charge is 2.53. The number of fused-ring (bicyclic) bond motifs is 1. The average Bonchev–Trinajstić information content (AvgIpc) is 2.44. The molecule has 2 fully saturated rings. The number of piperidine rings is 1. The first-order valence-electron chi connectivity index (χ1n) is 4.95. The number of aliphatic hydroxyl groups excluding tert-OH is 3. The number of nitrogens with zero attached hydrogens (tertiary/aromatic N) is 1. The second-order valence-corrected chi connectivity index (χ2v) is 4.53. The van der Waals surface area contributed by atoms with Crippen LogP contribution in [0.4, 0.5) is 0 Å². The first kappa shape index (κ1) is 10.3. The Labute approximate surface area is 82.6 Å². The highest BCUT2D eigenvalue weighted by molar-refractivity contribution is 5.07. The Morgan fingerprint density at radius 3 is 2.57 bits per heavy atom. The van der Waals surface area contributed by atoms with Crippen molar-refractivity contribution in [2.24, 2.45) is 0 Å². The lowest BCUT2D eigenvalue weighted by Crippen LogP contribution is -2.67. The molecule has 2 aliphatic heterocycles. The summed E-state index contributed by atoms with van der Waals surface area (Å²) in [5.74, 6) is 0. The van der Waals surface area contributed by atoms with E-state index in [2.05, 4.69) is 0 Å². The van der Waals surface area contributed by atoms with Crippen molar-refractivity contribution in [3.63, 3.8) is 0 Å². The standard InChI is InChI=1S/C9H17NO4/c1-9(14)6(12)4-10-3-2-5(11)7(10)8(9)13/h5-8,11-14H,2-4H2,1H3/t5-,6-,7+,8+,9+/m0/s1. The molecule has 0 amide bonds. The van der Waals surface area contributed by atoms with Crippen molar-refractivity contribution in [2.75, 3.05) is 13.1 Å². The molecule has 2 aliphatic rings. The van der Waals surface area contributed by atoms with Gasteiger partial charge in [0.05, 0.1) is 18.2 Å². The minimum atomic E-state index is -1.52. The van der Waals surface area contributed by atoms with Gasteiger partial charge < -0.3 is 20.4 Å². The Balaban J connectivity index is 2.23. The SMILES string of the molecule is C[C@]1(O)[C@H](O)[C@H]2[C@@H](O)CCN2C[C@@H]1O. The Hall–Kier alpha value is -0.200. The van der Waals surface area contributed by atoms with Crippen LogP contribution in [-0.2, 0) is 0 Å². The molecule has 14 heavy (non-hydrogen) atoms. The molecule has 0 saturated carbocycles. The van der Waals surface area contributed by atoms with Crippen LogP contribution in [0.5, 0.6) is 0 Å². The Morgan fingerprint density at radius 1 is 1.29 bits per heavy atom. The molecule has 5 nitrogen and oxygen atoms in total. The molecule has 0 unspecified atom stereocenters. The smallest absolute Gasteiger partial charge is 0.116 e. The summed E-state index contributed by atoms with van der Waals surface area (Å²) in [5, 5.41) is 38.9. The first-order chi connectivity index (χ1) is 6.44. The maximum atomic E-state index is 9.84. The molecule has 0 aliphatic carbocycles. The summed E-state index contributed by atoms with van der Waals surface area (Å²) in [7, 11) is 0. The van der Waals surface area contributed by atoms with Gasteiger partial charge in [-0.25, -0.2) is 0 Å². The van der Waals surface area contributed by atoms with Gasteiger partial charge in [-0.05, 0) is 13.3 Å². The lowest BCUT2D eigenvalue weighted by Gasteiger charge is -2.46. The van der Waals surface area contributed by atoms with Crippen molar-refractivity contribution in [3.05, 3.63) is 0 Å². The summed E-state index contributed by atoms with van der Waals surface area (Å²) >= 11 is 0. The van der Waals surface area contributed by atoms with Gasteiger partial charge in [0, 0.05) is 13.1 Å². The van der Waals surface area contributed by atoms with Crippen molar-refractivity contribution >= 4 is 0 Å². The molecule has 2 saturated heterocycles. The van der Waals surface area contributed by atoms with Crippen LogP contribution in [0.2, 0.25) is 0 Å². The van der Waals surface area contributed by atoms with Crippen molar-refractivity contribution < 1.29 is 20.4 Å². The van der Waals surface area contributed by atoms with Crippen LogP contribution in [0.1, 0.15) is 13.3 Å². The van der Waals surface area contributed by atoms with E-state index in [4.69, 9.17) is 0 Å². The summed E-state index contributed by atoms with van der Waals surface area (Å²) in [5.41, 5.74) is -1.52. The molecule has 5 heteroatoms. The van der Waals surface area contributed by atoms with Gasteiger partial charge in [0.1, 0.15) is 11.7 Å². The summed E-state index contributed by atoms with van der Waals surface area (Å²) < 4.78 is 0. The van der Waals surface area contributed by atoms with E-state index in [1.54, 1.807) is 0 Å². The Kier molecular flexibility index (Phi) is 2.32. The normalized spacial score (nSPS) is 54.6.